The third-order valence-electron chi connectivity index (χ3n) is 4.01. The monoisotopic (exact) mass is 434 g/mol. The van der Waals surface area contributed by atoms with Crippen molar-refractivity contribution in [3.05, 3.63) is 76.4 Å². The molecule has 0 aliphatic heterocycles. The van der Waals surface area contributed by atoms with Gasteiger partial charge < -0.3 is 4.74 Å². The number of hydrogen-bond donors (Lipinski definition) is 0. The van der Waals surface area contributed by atoms with Gasteiger partial charge in [0.1, 0.15) is 11.8 Å². The third-order valence-corrected chi connectivity index (χ3v) is 6.53. The lowest BCUT2D eigenvalue weighted by molar-refractivity contribution is 0.288. The second-order valence-corrected chi connectivity index (χ2v) is 9.25. The van der Waals surface area contributed by atoms with Gasteiger partial charge in [-0.15, -0.1) is 0 Å². The molecule has 1 aromatic heterocycles. The SMILES string of the molecule is CSc1nc(Cl)c(CS(=O)(=O)c2ccc(C)cc2)c(OCc2ccccc2)n1. The fourth-order valence-corrected chi connectivity index (χ4v) is 4.57. The molecule has 0 amide bonds. The lowest BCUT2D eigenvalue weighted by Gasteiger charge is -2.13. The number of sulfone groups is 1. The molecule has 0 N–H and O–H groups in total. The molecular weight excluding hydrogens is 416 g/mol. The summed E-state index contributed by atoms with van der Waals surface area (Å²) in [5, 5.41) is 0.502. The lowest BCUT2D eigenvalue weighted by atomic mass is 10.2. The van der Waals surface area contributed by atoms with Gasteiger partial charge in [-0.05, 0) is 30.9 Å². The van der Waals surface area contributed by atoms with Crippen LogP contribution in [0.25, 0.3) is 0 Å². The van der Waals surface area contributed by atoms with E-state index in [-0.39, 0.29) is 33.9 Å². The summed E-state index contributed by atoms with van der Waals surface area (Å²) in [5.74, 6) is -0.155. The van der Waals surface area contributed by atoms with E-state index in [4.69, 9.17) is 16.3 Å². The molecule has 0 spiro atoms. The minimum Gasteiger partial charge on any atom is -0.472 e. The Labute approximate surface area is 174 Å². The Hall–Kier alpha value is -2.09. The van der Waals surface area contributed by atoms with E-state index in [1.807, 2.05) is 43.5 Å². The molecule has 146 valence electrons. The Morgan fingerprint density at radius 3 is 2.36 bits per heavy atom. The van der Waals surface area contributed by atoms with Crippen molar-refractivity contribution in [1.82, 2.24) is 9.97 Å². The zero-order chi connectivity index (χ0) is 20.1. The van der Waals surface area contributed by atoms with Gasteiger partial charge in [0.15, 0.2) is 15.0 Å². The van der Waals surface area contributed by atoms with Crippen LogP contribution >= 0.6 is 23.4 Å². The van der Waals surface area contributed by atoms with Gasteiger partial charge in [-0.2, -0.15) is 4.98 Å². The van der Waals surface area contributed by atoms with Crippen LogP contribution in [0.4, 0.5) is 0 Å². The number of benzene rings is 2. The first kappa shape index (κ1) is 20.6. The van der Waals surface area contributed by atoms with Crippen LogP contribution in [0.2, 0.25) is 5.15 Å². The molecule has 2 aromatic carbocycles. The van der Waals surface area contributed by atoms with Gasteiger partial charge in [-0.3, -0.25) is 0 Å². The summed E-state index contributed by atoms with van der Waals surface area (Å²) in [6.45, 7) is 2.15. The van der Waals surface area contributed by atoms with Crippen molar-refractivity contribution in [3.63, 3.8) is 0 Å². The van der Waals surface area contributed by atoms with Gasteiger partial charge in [-0.25, -0.2) is 13.4 Å². The summed E-state index contributed by atoms with van der Waals surface area (Å²) in [5.41, 5.74) is 2.18. The van der Waals surface area contributed by atoms with E-state index in [1.54, 1.807) is 24.3 Å². The molecule has 0 aliphatic rings. The van der Waals surface area contributed by atoms with Crippen LogP contribution < -0.4 is 4.74 Å². The summed E-state index contributed by atoms with van der Waals surface area (Å²) in [6, 6.07) is 16.2. The summed E-state index contributed by atoms with van der Waals surface area (Å²) >= 11 is 7.61. The number of ether oxygens (including phenoxy) is 1. The van der Waals surface area contributed by atoms with Crippen LogP contribution in [0, 0.1) is 6.92 Å². The zero-order valence-corrected chi connectivity index (χ0v) is 17.8. The maximum Gasteiger partial charge on any atom is 0.223 e. The molecular formula is C20H19ClN2O3S2. The van der Waals surface area contributed by atoms with Gasteiger partial charge in [0, 0.05) is 0 Å². The van der Waals surface area contributed by atoms with Crippen LogP contribution in [0.3, 0.4) is 0 Å². The molecule has 5 nitrogen and oxygen atoms in total. The molecule has 3 aromatic rings. The van der Waals surface area contributed by atoms with E-state index >= 15 is 0 Å². The quantitative estimate of drug-likeness (QED) is 0.304. The average molecular weight is 435 g/mol. The Morgan fingerprint density at radius 1 is 1.04 bits per heavy atom. The van der Waals surface area contributed by atoms with Gasteiger partial charge in [0.25, 0.3) is 0 Å². The largest absolute Gasteiger partial charge is 0.472 e. The summed E-state index contributed by atoms with van der Waals surface area (Å²) < 4.78 is 31.6. The second kappa shape index (κ2) is 8.94. The lowest BCUT2D eigenvalue weighted by Crippen LogP contribution is -2.10. The molecule has 8 heteroatoms. The number of aryl methyl sites for hydroxylation is 1. The molecule has 0 unspecified atom stereocenters. The fraction of sp³-hybridized carbons (Fsp3) is 0.200. The Bertz CT molecular complexity index is 1060. The Kier molecular flexibility index (Phi) is 6.59. The molecule has 1 heterocycles. The third kappa shape index (κ3) is 5.04. The number of thioether (sulfide) groups is 1. The highest BCUT2D eigenvalue weighted by atomic mass is 35.5. The topological polar surface area (TPSA) is 69.2 Å². The normalized spacial score (nSPS) is 11.4. The maximum absolute atomic E-state index is 12.9. The van der Waals surface area contributed by atoms with Gasteiger partial charge in [-0.1, -0.05) is 71.4 Å². The molecule has 0 fully saturated rings. The van der Waals surface area contributed by atoms with Crippen LogP contribution in [0.1, 0.15) is 16.7 Å². The first-order valence-electron chi connectivity index (χ1n) is 8.45. The molecule has 0 radical (unpaired) electrons. The predicted octanol–water partition coefficient (Wildman–Crippen LogP) is 4.71. The van der Waals surface area contributed by atoms with Crippen molar-refractivity contribution in [1.29, 1.82) is 0 Å². The first-order chi connectivity index (χ1) is 13.4. The Balaban J connectivity index is 1.93. The second-order valence-electron chi connectivity index (χ2n) is 6.13. The minimum atomic E-state index is -3.63. The summed E-state index contributed by atoms with van der Waals surface area (Å²) in [4.78, 5) is 8.73. The molecule has 0 bridgehead atoms. The molecule has 0 aliphatic carbocycles. The molecule has 28 heavy (non-hydrogen) atoms. The smallest absolute Gasteiger partial charge is 0.223 e. The zero-order valence-electron chi connectivity index (χ0n) is 15.4. The van der Waals surface area contributed by atoms with Crippen molar-refractivity contribution in [2.45, 2.75) is 29.3 Å². The van der Waals surface area contributed by atoms with Crippen molar-refractivity contribution < 1.29 is 13.2 Å². The minimum absolute atomic E-state index is 0.0816. The molecule has 3 rings (SSSR count). The van der Waals surface area contributed by atoms with E-state index in [2.05, 4.69) is 9.97 Å². The van der Waals surface area contributed by atoms with Crippen LogP contribution in [-0.4, -0.2) is 24.6 Å². The number of rotatable bonds is 7. The van der Waals surface area contributed by atoms with Crippen LogP contribution in [0.5, 0.6) is 5.88 Å². The number of nitrogens with zero attached hydrogens (tertiary/aromatic N) is 2. The maximum atomic E-state index is 12.9. The van der Waals surface area contributed by atoms with Gasteiger partial charge in [0.2, 0.25) is 5.88 Å². The number of aromatic nitrogens is 2. The van der Waals surface area contributed by atoms with E-state index in [9.17, 15) is 8.42 Å². The highest BCUT2D eigenvalue weighted by Gasteiger charge is 2.23. The van der Waals surface area contributed by atoms with E-state index < -0.39 is 9.84 Å². The highest BCUT2D eigenvalue weighted by Crippen LogP contribution is 2.30. The molecule has 0 saturated heterocycles. The van der Waals surface area contributed by atoms with E-state index in [0.29, 0.717) is 5.16 Å². The van der Waals surface area contributed by atoms with Gasteiger partial charge >= 0.3 is 0 Å². The Morgan fingerprint density at radius 2 is 1.71 bits per heavy atom. The van der Waals surface area contributed by atoms with E-state index in [1.165, 1.54) is 11.8 Å². The van der Waals surface area contributed by atoms with Gasteiger partial charge in [0.05, 0.1) is 16.2 Å². The van der Waals surface area contributed by atoms with Crippen molar-refractivity contribution in [2.24, 2.45) is 0 Å². The predicted molar refractivity (Wildman–Crippen MR) is 112 cm³/mol. The molecule has 0 saturated carbocycles. The van der Waals surface area contributed by atoms with Crippen molar-refractivity contribution >= 4 is 33.2 Å². The molecule has 0 atom stereocenters. The number of hydrogen-bond acceptors (Lipinski definition) is 6. The summed E-state index contributed by atoms with van der Waals surface area (Å²) in [7, 11) is -3.63. The fourth-order valence-electron chi connectivity index (χ4n) is 2.50. The highest BCUT2D eigenvalue weighted by molar-refractivity contribution is 7.98. The van der Waals surface area contributed by atoms with Crippen molar-refractivity contribution in [2.75, 3.05) is 6.26 Å². The average Bonchev–Trinajstić information content (AvgIpc) is 2.69. The van der Waals surface area contributed by atoms with Crippen molar-refractivity contribution in [3.8, 4) is 5.88 Å². The summed E-state index contributed by atoms with van der Waals surface area (Å²) in [6.07, 6.45) is 1.81. The standard InChI is InChI=1S/C20H19ClN2O3S2/c1-14-8-10-16(11-9-14)28(24,25)13-17-18(21)22-20(27-2)23-19(17)26-12-15-6-4-3-5-7-15/h3-11H,12-13H2,1-2H3. The van der Waals surface area contributed by atoms with Crippen LogP contribution in [0.15, 0.2) is 64.6 Å². The first-order valence-corrected chi connectivity index (χ1v) is 11.7. The number of halogens is 1. The van der Waals surface area contributed by atoms with Crippen LogP contribution in [-0.2, 0) is 22.2 Å². The van der Waals surface area contributed by atoms with E-state index in [0.717, 1.165) is 11.1 Å².